The van der Waals surface area contributed by atoms with Gasteiger partial charge in [-0.1, -0.05) is 11.6 Å². The second-order valence-corrected chi connectivity index (χ2v) is 4.47. The molecule has 0 unspecified atom stereocenters. The van der Waals surface area contributed by atoms with Crippen LogP contribution in [-0.2, 0) is 4.79 Å². The van der Waals surface area contributed by atoms with Crippen LogP contribution in [0.15, 0.2) is 35.9 Å². The molecule has 0 aliphatic carbocycles. The molecule has 0 heterocycles. The lowest BCUT2D eigenvalue weighted by Gasteiger charge is -2.02. The van der Waals surface area contributed by atoms with Gasteiger partial charge in [-0.25, -0.2) is 0 Å². The van der Waals surface area contributed by atoms with Gasteiger partial charge in [0.25, 0.3) is 0 Å². The molecule has 1 aromatic rings. The van der Waals surface area contributed by atoms with E-state index < -0.39 is 0 Å². The fourth-order valence-corrected chi connectivity index (χ4v) is 1.55. The van der Waals surface area contributed by atoms with E-state index in [0.29, 0.717) is 0 Å². The van der Waals surface area contributed by atoms with Gasteiger partial charge in [0.05, 0.1) is 0 Å². The summed E-state index contributed by atoms with van der Waals surface area (Å²) < 4.78 is 1.11. The highest BCUT2D eigenvalue weighted by Gasteiger charge is 1.97. The van der Waals surface area contributed by atoms with Crippen LogP contribution in [0.25, 0.3) is 0 Å². The Hall–Kier alpha value is -0.840. The number of allylic oxidation sites excluding steroid dienone is 1. The molecule has 0 radical (unpaired) electrons. The third-order valence-corrected chi connectivity index (χ3v) is 2.18. The second kappa shape index (κ2) is 5.14. The van der Waals surface area contributed by atoms with E-state index in [2.05, 4.69) is 27.9 Å². The van der Waals surface area contributed by atoms with E-state index in [9.17, 15) is 4.79 Å². The summed E-state index contributed by atoms with van der Waals surface area (Å²) in [7, 11) is 0. The number of carbonyl (C=O) groups excluding carboxylic acids is 1. The van der Waals surface area contributed by atoms with Gasteiger partial charge in [0, 0.05) is 15.3 Å². The molecule has 0 saturated carbocycles. The number of benzene rings is 1. The highest BCUT2D eigenvalue weighted by molar-refractivity contribution is 14.1. The summed E-state index contributed by atoms with van der Waals surface area (Å²) in [5.41, 5.74) is 1.83. The summed E-state index contributed by atoms with van der Waals surface area (Å²) in [6, 6.07) is 7.70. The maximum Gasteiger partial charge on any atom is 0.248 e. The molecule has 0 saturated heterocycles. The molecule has 1 aromatic carbocycles. The van der Waals surface area contributed by atoms with Crippen LogP contribution in [0, 0.1) is 3.57 Å². The highest BCUT2D eigenvalue weighted by atomic mass is 127. The molecule has 1 amide bonds. The van der Waals surface area contributed by atoms with Crippen molar-refractivity contribution in [3.8, 4) is 0 Å². The molecule has 0 aliphatic heterocycles. The van der Waals surface area contributed by atoms with Crippen LogP contribution in [0.3, 0.4) is 0 Å². The van der Waals surface area contributed by atoms with Crippen LogP contribution in [0.4, 0.5) is 5.69 Å². The smallest absolute Gasteiger partial charge is 0.248 e. The topological polar surface area (TPSA) is 29.1 Å². The summed E-state index contributed by atoms with van der Waals surface area (Å²) in [4.78, 5) is 11.3. The van der Waals surface area contributed by atoms with E-state index in [1.807, 2.05) is 38.1 Å². The SMILES string of the molecule is CC(C)=CC(=O)Nc1cccc(I)c1. The first-order chi connectivity index (χ1) is 6.58. The Kier molecular flexibility index (Phi) is 4.13. The second-order valence-electron chi connectivity index (χ2n) is 3.22. The molecule has 0 fully saturated rings. The van der Waals surface area contributed by atoms with Crippen molar-refractivity contribution < 1.29 is 4.79 Å². The minimum absolute atomic E-state index is 0.0769. The van der Waals surface area contributed by atoms with E-state index in [4.69, 9.17) is 0 Å². The number of nitrogens with one attached hydrogen (secondary N) is 1. The normalized spacial score (nSPS) is 9.36. The van der Waals surface area contributed by atoms with Crippen molar-refractivity contribution in [2.45, 2.75) is 13.8 Å². The third kappa shape index (κ3) is 3.91. The first kappa shape index (κ1) is 11.2. The molecule has 2 nitrogen and oxygen atoms in total. The van der Waals surface area contributed by atoms with Crippen molar-refractivity contribution in [3.05, 3.63) is 39.5 Å². The molecular weight excluding hydrogens is 289 g/mol. The minimum Gasteiger partial charge on any atom is -0.322 e. The van der Waals surface area contributed by atoms with Crippen LogP contribution in [0.2, 0.25) is 0 Å². The lowest BCUT2D eigenvalue weighted by molar-refractivity contribution is -0.111. The maximum absolute atomic E-state index is 11.3. The molecule has 0 atom stereocenters. The van der Waals surface area contributed by atoms with Gasteiger partial charge in [-0.15, -0.1) is 0 Å². The first-order valence-electron chi connectivity index (χ1n) is 4.29. The fraction of sp³-hybridized carbons (Fsp3) is 0.182. The third-order valence-electron chi connectivity index (χ3n) is 1.51. The quantitative estimate of drug-likeness (QED) is 0.659. The summed E-state index contributed by atoms with van der Waals surface area (Å²) >= 11 is 2.21. The predicted molar refractivity (Wildman–Crippen MR) is 67.2 cm³/mol. The standard InChI is InChI=1S/C11H12INO/c1-8(2)6-11(14)13-10-5-3-4-9(12)7-10/h3-7H,1-2H3,(H,13,14). The molecular formula is C11H12INO. The molecule has 14 heavy (non-hydrogen) atoms. The van der Waals surface area contributed by atoms with E-state index in [1.54, 1.807) is 6.08 Å². The first-order valence-corrected chi connectivity index (χ1v) is 5.37. The van der Waals surface area contributed by atoms with Crippen LogP contribution >= 0.6 is 22.6 Å². The van der Waals surface area contributed by atoms with E-state index >= 15 is 0 Å². The molecule has 74 valence electrons. The van der Waals surface area contributed by atoms with Crippen molar-refractivity contribution >= 4 is 34.2 Å². The summed E-state index contributed by atoms with van der Waals surface area (Å²) in [6.07, 6.45) is 1.58. The Morgan fingerprint density at radius 1 is 1.43 bits per heavy atom. The Balaban J connectivity index is 2.70. The zero-order valence-corrected chi connectivity index (χ0v) is 10.3. The molecule has 3 heteroatoms. The van der Waals surface area contributed by atoms with Gasteiger partial charge in [0.1, 0.15) is 0 Å². The van der Waals surface area contributed by atoms with Gasteiger partial charge in [-0.05, 0) is 54.6 Å². The van der Waals surface area contributed by atoms with Crippen LogP contribution in [-0.4, -0.2) is 5.91 Å². The highest BCUT2D eigenvalue weighted by Crippen LogP contribution is 2.12. The Labute approximate surface area is 97.5 Å². The lowest BCUT2D eigenvalue weighted by Crippen LogP contribution is -2.08. The number of hydrogen-bond acceptors (Lipinski definition) is 1. The largest absolute Gasteiger partial charge is 0.322 e. The van der Waals surface area contributed by atoms with Crippen molar-refractivity contribution in [2.75, 3.05) is 5.32 Å². The van der Waals surface area contributed by atoms with Crippen LogP contribution in [0.5, 0.6) is 0 Å². The summed E-state index contributed by atoms with van der Waals surface area (Å²) in [6.45, 7) is 3.79. The Morgan fingerprint density at radius 2 is 2.14 bits per heavy atom. The van der Waals surface area contributed by atoms with Gasteiger partial charge in [-0.3, -0.25) is 4.79 Å². The van der Waals surface area contributed by atoms with Crippen LogP contribution < -0.4 is 5.32 Å². The van der Waals surface area contributed by atoms with Gasteiger partial charge >= 0.3 is 0 Å². The average molecular weight is 301 g/mol. The van der Waals surface area contributed by atoms with Crippen molar-refractivity contribution in [2.24, 2.45) is 0 Å². The maximum atomic E-state index is 11.3. The van der Waals surface area contributed by atoms with Crippen LogP contribution in [0.1, 0.15) is 13.8 Å². The molecule has 1 rings (SSSR count). The number of carbonyl (C=O) groups is 1. The minimum atomic E-state index is -0.0769. The summed E-state index contributed by atoms with van der Waals surface area (Å²) in [5, 5.41) is 2.79. The van der Waals surface area contributed by atoms with Crippen molar-refractivity contribution in [1.29, 1.82) is 0 Å². The van der Waals surface area contributed by atoms with Gasteiger partial charge in [-0.2, -0.15) is 0 Å². The number of halogens is 1. The number of amides is 1. The molecule has 0 aliphatic rings. The number of hydrogen-bond donors (Lipinski definition) is 1. The Bertz CT molecular complexity index is 367. The van der Waals surface area contributed by atoms with E-state index in [-0.39, 0.29) is 5.91 Å². The molecule has 0 spiro atoms. The molecule has 0 bridgehead atoms. The van der Waals surface area contributed by atoms with Gasteiger partial charge < -0.3 is 5.32 Å². The average Bonchev–Trinajstić information content (AvgIpc) is 2.01. The zero-order chi connectivity index (χ0) is 10.6. The number of rotatable bonds is 2. The van der Waals surface area contributed by atoms with E-state index in [0.717, 1.165) is 14.8 Å². The van der Waals surface area contributed by atoms with Gasteiger partial charge in [0.2, 0.25) is 5.91 Å². The Morgan fingerprint density at radius 3 is 2.71 bits per heavy atom. The lowest BCUT2D eigenvalue weighted by atomic mass is 10.3. The van der Waals surface area contributed by atoms with Gasteiger partial charge in [0.15, 0.2) is 0 Å². The van der Waals surface area contributed by atoms with Crippen molar-refractivity contribution in [3.63, 3.8) is 0 Å². The molecule has 0 aromatic heterocycles. The predicted octanol–water partition coefficient (Wildman–Crippen LogP) is 3.20. The summed E-state index contributed by atoms with van der Waals surface area (Å²) in [5.74, 6) is -0.0769. The van der Waals surface area contributed by atoms with E-state index in [1.165, 1.54) is 0 Å². The van der Waals surface area contributed by atoms with Crippen molar-refractivity contribution in [1.82, 2.24) is 0 Å². The molecule has 1 N–H and O–H groups in total. The number of anilines is 1. The zero-order valence-electron chi connectivity index (χ0n) is 8.17. The monoisotopic (exact) mass is 301 g/mol. The fourth-order valence-electron chi connectivity index (χ4n) is 1.01.